The van der Waals surface area contributed by atoms with E-state index in [0.717, 1.165) is 25.4 Å². The summed E-state index contributed by atoms with van der Waals surface area (Å²) in [6, 6.07) is 12.7. The van der Waals surface area contributed by atoms with Crippen LogP contribution in [0, 0.1) is 0 Å². The molecule has 0 fully saturated rings. The van der Waals surface area contributed by atoms with E-state index in [1.54, 1.807) is 7.11 Å². The fourth-order valence-electron chi connectivity index (χ4n) is 2.05. The van der Waals surface area contributed by atoms with Gasteiger partial charge in [-0.2, -0.15) is 0 Å². The van der Waals surface area contributed by atoms with E-state index < -0.39 is 0 Å². The number of hydrogen-bond acceptors (Lipinski definition) is 3. The van der Waals surface area contributed by atoms with E-state index in [-0.39, 0.29) is 0 Å². The average molecular weight is 258 g/mol. The Kier molecular flexibility index (Phi) is 4.77. The molecule has 0 bridgehead atoms. The summed E-state index contributed by atoms with van der Waals surface area (Å²) in [5.41, 5.74) is 1.32. The van der Waals surface area contributed by atoms with E-state index in [1.165, 1.54) is 16.3 Å². The first-order valence-corrected chi connectivity index (χ1v) is 6.61. The van der Waals surface area contributed by atoms with Crippen molar-refractivity contribution in [3.63, 3.8) is 0 Å². The Morgan fingerprint density at radius 1 is 1.05 bits per heavy atom. The van der Waals surface area contributed by atoms with Crippen molar-refractivity contribution >= 4 is 10.8 Å². The first kappa shape index (κ1) is 13.8. The Bertz CT molecular complexity index is 537. The molecule has 0 aliphatic heterocycles. The number of rotatable bonds is 6. The van der Waals surface area contributed by atoms with Crippen molar-refractivity contribution in [2.24, 2.45) is 0 Å². The number of ether oxygens (including phenoxy) is 1. The fraction of sp³-hybridized carbons (Fsp3) is 0.375. The molecule has 2 aromatic carbocycles. The molecule has 0 spiro atoms. The van der Waals surface area contributed by atoms with Crippen molar-refractivity contribution < 1.29 is 4.74 Å². The first-order valence-electron chi connectivity index (χ1n) is 6.61. The largest absolute Gasteiger partial charge is 0.497 e. The molecule has 3 heteroatoms. The summed E-state index contributed by atoms with van der Waals surface area (Å²) >= 11 is 0. The predicted octanol–water partition coefficient (Wildman–Crippen LogP) is 2.50. The number of fused-ring (bicyclic) bond motifs is 1. The van der Waals surface area contributed by atoms with Gasteiger partial charge >= 0.3 is 0 Å². The van der Waals surface area contributed by atoms with Gasteiger partial charge in [0.05, 0.1) is 7.11 Å². The molecule has 1 N–H and O–H groups in total. The molecule has 0 saturated heterocycles. The predicted molar refractivity (Wildman–Crippen MR) is 80.8 cm³/mol. The van der Waals surface area contributed by atoms with Crippen LogP contribution in [0.1, 0.15) is 5.56 Å². The molecule has 2 rings (SSSR count). The monoisotopic (exact) mass is 258 g/mol. The summed E-state index contributed by atoms with van der Waals surface area (Å²) in [5.74, 6) is 0.907. The van der Waals surface area contributed by atoms with Gasteiger partial charge in [0, 0.05) is 19.6 Å². The number of benzene rings is 2. The average Bonchev–Trinajstić information content (AvgIpc) is 2.42. The lowest BCUT2D eigenvalue weighted by molar-refractivity contribution is 0.400. The second kappa shape index (κ2) is 6.55. The summed E-state index contributed by atoms with van der Waals surface area (Å²) in [6.45, 7) is 2.98. The van der Waals surface area contributed by atoms with Gasteiger partial charge in [-0.1, -0.05) is 18.2 Å². The van der Waals surface area contributed by atoms with Crippen LogP contribution in [-0.4, -0.2) is 39.2 Å². The molecule has 0 amide bonds. The van der Waals surface area contributed by atoms with Crippen LogP contribution in [0.4, 0.5) is 0 Å². The Morgan fingerprint density at radius 2 is 1.79 bits per heavy atom. The minimum atomic E-state index is 0.907. The normalized spacial score (nSPS) is 11.2. The maximum atomic E-state index is 5.24. The third-order valence-electron chi connectivity index (χ3n) is 3.18. The van der Waals surface area contributed by atoms with Crippen molar-refractivity contribution in [2.75, 3.05) is 34.3 Å². The fourth-order valence-corrected chi connectivity index (χ4v) is 2.05. The van der Waals surface area contributed by atoms with Gasteiger partial charge in [0.2, 0.25) is 0 Å². The Hall–Kier alpha value is -1.58. The third kappa shape index (κ3) is 3.94. The van der Waals surface area contributed by atoms with Crippen LogP contribution >= 0.6 is 0 Å². The molecular weight excluding hydrogens is 236 g/mol. The van der Waals surface area contributed by atoms with E-state index >= 15 is 0 Å². The maximum absolute atomic E-state index is 5.24. The van der Waals surface area contributed by atoms with Crippen LogP contribution in [-0.2, 0) is 6.54 Å². The summed E-state index contributed by atoms with van der Waals surface area (Å²) in [5, 5.41) is 5.93. The second-order valence-corrected chi connectivity index (χ2v) is 5.03. The van der Waals surface area contributed by atoms with Gasteiger partial charge in [-0.05, 0) is 48.6 Å². The highest BCUT2D eigenvalue weighted by Gasteiger charge is 1.99. The zero-order valence-electron chi connectivity index (χ0n) is 11.9. The summed E-state index contributed by atoms with van der Waals surface area (Å²) in [6.07, 6.45) is 0. The number of nitrogens with one attached hydrogen (secondary N) is 1. The molecule has 0 heterocycles. The molecule has 0 saturated carbocycles. The molecule has 0 aromatic heterocycles. The van der Waals surface area contributed by atoms with E-state index in [4.69, 9.17) is 4.74 Å². The van der Waals surface area contributed by atoms with Gasteiger partial charge < -0.3 is 15.0 Å². The van der Waals surface area contributed by atoms with E-state index in [9.17, 15) is 0 Å². The van der Waals surface area contributed by atoms with E-state index in [2.05, 4.69) is 54.6 Å². The van der Waals surface area contributed by atoms with Crippen molar-refractivity contribution in [3.05, 3.63) is 42.0 Å². The Labute approximate surface area is 115 Å². The van der Waals surface area contributed by atoms with Crippen LogP contribution in [0.3, 0.4) is 0 Å². The highest BCUT2D eigenvalue weighted by molar-refractivity contribution is 5.84. The summed E-state index contributed by atoms with van der Waals surface area (Å²) in [7, 11) is 5.88. The number of nitrogens with zero attached hydrogens (tertiary/aromatic N) is 1. The minimum absolute atomic E-state index is 0.907. The van der Waals surface area contributed by atoms with Gasteiger partial charge in [-0.25, -0.2) is 0 Å². The third-order valence-corrected chi connectivity index (χ3v) is 3.18. The number of hydrogen-bond donors (Lipinski definition) is 1. The zero-order valence-corrected chi connectivity index (χ0v) is 11.9. The van der Waals surface area contributed by atoms with Crippen molar-refractivity contribution in [1.82, 2.24) is 10.2 Å². The molecule has 2 aromatic rings. The van der Waals surface area contributed by atoms with Crippen LogP contribution in [0.2, 0.25) is 0 Å². The molecule has 0 aliphatic carbocycles. The number of likely N-dealkylation sites (N-methyl/N-ethyl adjacent to an activating group) is 1. The standard InChI is InChI=1S/C16H22N2O/c1-18(2)9-8-17-12-13-4-5-15-11-16(19-3)7-6-14(15)10-13/h4-7,10-11,17H,8-9,12H2,1-3H3. The van der Waals surface area contributed by atoms with Crippen LogP contribution < -0.4 is 10.1 Å². The van der Waals surface area contributed by atoms with Crippen LogP contribution in [0.25, 0.3) is 10.8 Å². The maximum Gasteiger partial charge on any atom is 0.119 e. The van der Waals surface area contributed by atoms with Crippen molar-refractivity contribution in [3.8, 4) is 5.75 Å². The lowest BCUT2D eigenvalue weighted by atomic mass is 10.1. The zero-order chi connectivity index (χ0) is 13.7. The van der Waals surface area contributed by atoms with Crippen molar-refractivity contribution in [2.45, 2.75) is 6.54 Å². The smallest absolute Gasteiger partial charge is 0.119 e. The lowest BCUT2D eigenvalue weighted by Gasteiger charge is -2.11. The minimum Gasteiger partial charge on any atom is -0.497 e. The van der Waals surface area contributed by atoms with E-state index in [0.29, 0.717) is 0 Å². The van der Waals surface area contributed by atoms with Gasteiger partial charge in [-0.15, -0.1) is 0 Å². The molecule has 0 radical (unpaired) electrons. The van der Waals surface area contributed by atoms with E-state index in [1.807, 2.05) is 6.07 Å². The number of methoxy groups -OCH3 is 1. The van der Waals surface area contributed by atoms with Gasteiger partial charge in [0.25, 0.3) is 0 Å². The second-order valence-electron chi connectivity index (χ2n) is 5.03. The van der Waals surface area contributed by atoms with Gasteiger partial charge in [-0.3, -0.25) is 0 Å². The van der Waals surface area contributed by atoms with Crippen LogP contribution in [0.5, 0.6) is 5.75 Å². The first-order chi connectivity index (χ1) is 9.19. The lowest BCUT2D eigenvalue weighted by Crippen LogP contribution is -2.26. The molecular formula is C16H22N2O. The highest BCUT2D eigenvalue weighted by Crippen LogP contribution is 2.21. The quantitative estimate of drug-likeness (QED) is 0.806. The molecule has 102 valence electrons. The molecule has 19 heavy (non-hydrogen) atoms. The molecule has 0 atom stereocenters. The van der Waals surface area contributed by atoms with Gasteiger partial charge in [0.15, 0.2) is 0 Å². The summed E-state index contributed by atoms with van der Waals surface area (Å²) < 4.78 is 5.24. The molecule has 0 aliphatic rings. The Morgan fingerprint density at radius 3 is 2.53 bits per heavy atom. The van der Waals surface area contributed by atoms with Gasteiger partial charge in [0.1, 0.15) is 5.75 Å². The van der Waals surface area contributed by atoms with Crippen LogP contribution in [0.15, 0.2) is 36.4 Å². The van der Waals surface area contributed by atoms with Crippen molar-refractivity contribution in [1.29, 1.82) is 0 Å². The summed E-state index contributed by atoms with van der Waals surface area (Å²) in [4.78, 5) is 2.18. The topological polar surface area (TPSA) is 24.5 Å². The molecule has 3 nitrogen and oxygen atoms in total. The highest BCUT2D eigenvalue weighted by atomic mass is 16.5. The SMILES string of the molecule is COc1ccc2cc(CNCCN(C)C)ccc2c1. The Balaban J connectivity index is 2.01. The molecule has 0 unspecified atom stereocenters.